The highest BCUT2D eigenvalue weighted by Gasteiger charge is 2.59. The summed E-state index contributed by atoms with van der Waals surface area (Å²) in [7, 11) is 0. The lowest BCUT2D eigenvalue weighted by atomic mass is 9.49. The second-order valence-corrected chi connectivity index (χ2v) is 10.7. The molecule has 1 aromatic heterocycles. The van der Waals surface area contributed by atoms with Gasteiger partial charge in [0.1, 0.15) is 13.2 Å². The first-order chi connectivity index (χ1) is 13.9. The first-order valence-electron chi connectivity index (χ1n) is 11.6. The number of hydrogen-bond acceptors (Lipinski definition) is 4. The number of carbonyl (C=O) groups is 1. The summed E-state index contributed by atoms with van der Waals surface area (Å²) in [6.07, 6.45) is 12.3. The Morgan fingerprint density at radius 2 is 1.83 bits per heavy atom. The van der Waals surface area contributed by atoms with Gasteiger partial charge in [0.25, 0.3) is 0 Å². The van der Waals surface area contributed by atoms with Crippen LogP contribution >= 0.6 is 0 Å². The summed E-state index contributed by atoms with van der Waals surface area (Å²) >= 11 is 0. The number of nitrogens with zero attached hydrogens (tertiary/aromatic N) is 3. The molecule has 4 aliphatic rings. The van der Waals surface area contributed by atoms with Gasteiger partial charge in [0.05, 0.1) is 18.0 Å². The van der Waals surface area contributed by atoms with E-state index in [9.17, 15) is 14.3 Å². The fraction of sp³-hybridized carbons (Fsp3) is 0.870. The number of aliphatic hydroxyl groups is 1. The zero-order chi connectivity index (χ0) is 20.2. The quantitative estimate of drug-likeness (QED) is 0.830. The summed E-state index contributed by atoms with van der Waals surface area (Å²) in [5, 5.41) is 18.7. The summed E-state index contributed by atoms with van der Waals surface area (Å²) in [6.45, 7) is 2.06. The van der Waals surface area contributed by atoms with E-state index in [1.807, 2.05) is 0 Å². The molecule has 0 saturated heterocycles. The highest BCUT2D eigenvalue weighted by atomic mass is 19.1. The van der Waals surface area contributed by atoms with Crippen LogP contribution in [0.4, 0.5) is 4.39 Å². The molecule has 0 aromatic carbocycles. The number of fused-ring (bicyclic) bond motifs is 5. The summed E-state index contributed by atoms with van der Waals surface area (Å²) in [5.74, 6) is 3.59. The molecule has 160 valence electrons. The van der Waals surface area contributed by atoms with Crippen molar-refractivity contribution in [2.24, 2.45) is 40.9 Å². The van der Waals surface area contributed by atoms with Crippen molar-refractivity contribution in [2.75, 3.05) is 6.67 Å². The maximum absolute atomic E-state index is 13.3. The molecule has 29 heavy (non-hydrogen) atoms. The van der Waals surface area contributed by atoms with Gasteiger partial charge in [-0.05, 0) is 92.8 Å². The summed E-state index contributed by atoms with van der Waals surface area (Å²) in [5.41, 5.74) is -0.963. The largest absolute Gasteiger partial charge is 0.387 e. The Morgan fingerprint density at radius 3 is 2.59 bits per heavy atom. The van der Waals surface area contributed by atoms with Gasteiger partial charge in [-0.25, -0.2) is 4.39 Å². The zero-order valence-corrected chi connectivity index (χ0v) is 17.5. The number of hydrogen-bond donors (Lipinski definition) is 1. The average Bonchev–Trinajstić information content (AvgIpc) is 3.34. The molecule has 4 fully saturated rings. The Balaban J connectivity index is 1.31. The van der Waals surface area contributed by atoms with Crippen molar-refractivity contribution in [2.45, 2.75) is 76.9 Å². The number of rotatable bonds is 4. The van der Waals surface area contributed by atoms with Crippen molar-refractivity contribution in [3.05, 3.63) is 12.4 Å². The molecule has 1 aromatic rings. The van der Waals surface area contributed by atoms with Crippen LogP contribution in [0.1, 0.15) is 64.7 Å². The standard InChI is InChI=1S/C23H34FN3O2/c1-22-8-6-17-16-7-9-23(29,14-24)12-15(16)2-3-18(17)19(22)4-5-20(22)21(28)13-27-25-10-11-26-27/h10-11,15-20,29H,2-9,12-14H2,1H3/t15-,16-,17+,18+,19-,20+,22-,23+/m0/s1. The maximum atomic E-state index is 13.3. The monoisotopic (exact) mass is 403 g/mol. The molecule has 0 bridgehead atoms. The molecule has 0 amide bonds. The molecule has 6 heteroatoms. The molecule has 1 N–H and O–H groups in total. The third kappa shape index (κ3) is 3.17. The fourth-order valence-corrected chi connectivity index (χ4v) is 8.19. The van der Waals surface area contributed by atoms with E-state index in [1.54, 1.807) is 12.4 Å². The molecule has 5 rings (SSSR count). The number of halogens is 1. The zero-order valence-electron chi connectivity index (χ0n) is 17.5. The fourth-order valence-electron chi connectivity index (χ4n) is 8.19. The molecule has 0 unspecified atom stereocenters. The molecule has 0 spiro atoms. The van der Waals surface area contributed by atoms with Gasteiger partial charge < -0.3 is 5.11 Å². The number of aromatic nitrogens is 3. The molecular formula is C23H34FN3O2. The molecule has 1 heterocycles. The summed E-state index contributed by atoms with van der Waals surface area (Å²) in [6, 6.07) is 0. The van der Waals surface area contributed by atoms with E-state index in [0.717, 1.165) is 32.1 Å². The normalized spacial score (nSPS) is 46.6. The van der Waals surface area contributed by atoms with E-state index < -0.39 is 12.3 Å². The minimum atomic E-state index is -1.07. The lowest BCUT2D eigenvalue weighted by molar-refractivity contribution is -0.134. The SMILES string of the molecule is C[C@]12CC[C@H]3[C@@H](CC[C@H]4C[C@@](O)(CF)CC[C@@H]43)[C@@H]1CC[C@@H]2C(=O)Cn1nccn1. The Labute approximate surface area is 172 Å². The van der Waals surface area contributed by atoms with Crippen molar-refractivity contribution in [3.63, 3.8) is 0 Å². The van der Waals surface area contributed by atoms with E-state index in [2.05, 4.69) is 17.1 Å². The van der Waals surface area contributed by atoms with Gasteiger partial charge in [-0.3, -0.25) is 4.79 Å². The molecule has 0 aliphatic heterocycles. The van der Waals surface area contributed by atoms with Crippen molar-refractivity contribution < 1.29 is 14.3 Å². The lowest BCUT2D eigenvalue weighted by Gasteiger charge is -2.56. The smallest absolute Gasteiger partial charge is 0.159 e. The third-order valence-electron chi connectivity index (χ3n) is 9.51. The van der Waals surface area contributed by atoms with Gasteiger partial charge in [-0.15, -0.1) is 0 Å². The van der Waals surface area contributed by atoms with Crippen LogP contribution in [0.25, 0.3) is 0 Å². The van der Waals surface area contributed by atoms with Crippen LogP contribution in [0.2, 0.25) is 0 Å². The molecule has 5 nitrogen and oxygen atoms in total. The van der Waals surface area contributed by atoms with E-state index in [0.29, 0.717) is 54.8 Å². The molecule has 0 radical (unpaired) electrons. The van der Waals surface area contributed by atoms with Gasteiger partial charge in [0.2, 0.25) is 0 Å². The van der Waals surface area contributed by atoms with Crippen LogP contribution in [-0.4, -0.2) is 38.2 Å². The number of ketones is 1. The first kappa shape index (κ1) is 19.7. The summed E-state index contributed by atoms with van der Waals surface area (Å²) < 4.78 is 13.3. The van der Waals surface area contributed by atoms with Crippen LogP contribution in [0.15, 0.2) is 12.4 Å². The maximum Gasteiger partial charge on any atom is 0.159 e. The predicted octanol–water partition coefficient (Wildman–Crippen LogP) is 3.82. The number of carbonyl (C=O) groups excluding carboxylic acids is 1. The Kier molecular flexibility index (Phi) is 4.84. The Morgan fingerprint density at radius 1 is 1.07 bits per heavy atom. The van der Waals surface area contributed by atoms with Gasteiger partial charge in [-0.2, -0.15) is 15.0 Å². The van der Waals surface area contributed by atoms with Crippen LogP contribution in [0, 0.1) is 40.9 Å². The predicted molar refractivity (Wildman–Crippen MR) is 107 cm³/mol. The second-order valence-electron chi connectivity index (χ2n) is 10.7. The number of Topliss-reactive ketones (excluding diaryl/α,β-unsaturated/α-hetero) is 1. The molecule has 4 aliphatic carbocycles. The van der Waals surface area contributed by atoms with Gasteiger partial charge >= 0.3 is 0 Å². The summed E-state index contributed by atoms with van der Waals surface area (Å²) in [4.78, 5) is 14.6. The van der Waals surface area contributed by atoms with E-state index in [1.165, 1.54) is 17.6 Å². The van der Waals surface area contributed by atoms with E-state index >= 15 is 0 Å². The van der Waals surface area contributed by atoms with Crippen molar-refractivity contribution >= 4 is 5.78 Å². The third-order valence-corrected chi connectivity index (χ3v) is 9.51. The van der Waals surface area contributed by atoms with Crippen molar-refractivity contribution in [1.82, 2.24) is 15.0 Å². The Hall–Kier alpha value is -1.30. The van der Waals surface area contributed by atoms with Crippen LogP contribution < -0.4 is 0 Å². The minimum absolute atomic E-state index is 0.104. The second kappa shape index (κ2) is 7.14. The van der Waals surface area contributed by atoms with Crippen LogP contribution in [0.5, 0.6) is 0 Å². The van der Waals surface area contributed by atoms with Crippen LogP contribution in [-0.2, 0) is 11.3 Å². The van der Waals surface area contributed by atoms with E-state index in [4.69, 9.17) is 0 Å². The molecular weight excluding hydrogens is 369 g/mol. The minimum Gasteiger partial charge on any atom is -0.387 e. The van der Waals surface area contributed by atoms with Gasteiger partial charge in [-0.1, -0.05) is 6.92 Å². The van der Waals surface area contributed by atoms with Crippen molar-refractivity contribution in [1.29, 1.82) is 0 Å². The Bertz CT molecular complexity index is 755. The average molecular weight is 404 g/mol. The number of alkyl halides is 1. The van der Waals surface area contributed by atoms with Crippen LogP contribution in [0.3, 0.4) is 0 Å². The first-order valence-corrected chi connectivity index (χ1v) is 11.6. The lowest BCUT2D eigenvalue weighted by Crippen LogP contribution is -2.52. The van der Waals surface area contributed by atoms with E-state index in [-0.39, 0.29) is 11.3 Å². The van der Waals surface area contributed by atoms with Gasteiger partial charge in [0.15, 0.2) is 5.78 Å². The highest BCUT2D eigenvalue weighted by Crippen LogP contribution is 2.64. The topological polar surface area (TPSA) is 68.0 Å². The molecule has 8 atom stereocenters. The van der Waals surface area contributed by atoms with Crippen molar-refractivity contribution in [3.8, 4) is 0 Å². The van der Waals surface area contributed by atoms with Gasteiger partial charge in [0, 0.05) is 5.92 Å². The molecule has 4 saturated carbocycles. The highest BCUT2D eigenvalue weighted by molar-refractivity contribution is 5.81.